The zero-order valence-electron chi connectivity index (χ0n) is 10.3. The van der Waals surface area contributed by atoms with Gasteiger partial charge >= 0.3 is 6.01 Å². The second-order valence-corrected chi connectivity index (χ2v) is 5.49. The Morgan fingerprint density at radius 2 is 2.11 bits per heavy atom. The molecule has 6 nitrogen and oxygen atoms in total. The number of pyridine rings is 1. The van der Waals surface area contributed by atoms with Crippen LogP contribution < -0.4 is 10.6 Å². The number of nitrogens with two attached hydrogens (primary N) is 1. The Morgan fingerprint density at radius 1 is 1.32 bits per heavy atom. The van der Waals surface area contributed by atoms with Crippen LogP contribution in [0.2, 0.25) is 0 Å². The fourth-order valence-corrected chi connectivity index (χ4v) is 2.66. The Kier molecular flexibility index (Phi) is 3.37. The van der Waals surface area contributed by atoms with Crippen LogP contribution in [0, 0.1) is 0 Å². The number of hydrogen-bond acceptors (Lipinski definition) is 6. The molecule has 1 aliphatic heterocycles. The van der Waals surface area contributed by atoms with Gasteiger partial charge < -0.3 is 15.1 Å². The Hall–Kier alpha value is -1.63. The predicted octanol–water partition coefficient (Wildman–Crippen LogP) is 2.19. The van der Waals surface area contributed by atoms with E-state index in [0.717, 1.165) is 36.2 Å². The largest absolute Gasteiger partial charge is 0.408 e. The molecular weight excluding hydrogens is 310 g/mol. The van der Waals surface area contributed by atoms with Crippen LogP contribution in [0.3, 0.4) is 0 Å². The van der Waals surface area contributed by atoms with E-state index in [1.54, 1.807) is 0 Å². The summed E-state index contributed by atoms with van der Waals surface area (Å²) in [5.41, 5.74) is 5.45. The lowest BCUT2D eigenvalue weighted by molar-refractivity contribution is 0.399. The van der Waals surface area contributed by atoms with Crippen LogP contribution in [0.4, 0.5) is 11.8 Å². The molecule has 1 fully saturated rings. The highest BCUT2D eigenvalue weighted by atomic mass is 79.9. The molecule has 0 saturated carbocycles. The first-order chi connectivity index (χ1) is 9.22. The smallest absolute Gasteiger partial charge is 0.312 e. The standard InChI is InChI=1S/C12H14BrN5O/c13-9-1-4-15-10(7-9)18-5-2-8(3-6-18)11-16-17-12(14)19-11/h1,4,7-8H,2-3,5-6H2,(H2,14,17). The molecule has 1 saturated heterocycles. The van der Waals surface area contributed by atoms with Crippen molar-refractivity contribution in [2.24, 2.45) is 0 Å². The molecule has 0 bridgehead atoms. The molecule has 2 aromatic rings. The van der Waals surface area contributed by atoms with Gasteiger partial charge in [0.25, 0.3) is 0 Å². The Bertz CT molecular complexity index is 565. The maximum absolute atomic E-state index is 5.45. The average molecular weight is 324 g/mol. The van der Waals surface area contributed by atoms with Gasteiger partial charge in [-0.15, -0.1) is 5.10 Å². The molecule has 3 heterocycles. The van der Waals surface area contributed by atoms with E-state index in [-0.39, 0.29) is 6.01 Å². The minimum absolute atomic E-state index is 0.145. The molecule has 0 aromatic carbocycles. The van der Waals surface area contributed by atoms with Crippen molar-refractivity contribution < 1.29 is 4.42 Å². The fraction of sp³-hybridized carbons (Fsp3) is 0.417. The van der Waals surface area contributed by atoms with Crippen LogP contribution in [0.25, 0.3) is 0 Å². The number of halogens is 1. The van der Waals surface area contributed by atoms with E-state index < -0.39 is 0 Å². The lowest BCUT2D eigenvalue weighted by Gasteiger charge is -2.31. The summed E-state index contributed by atoms with van der Waals surface area (Å²) in [5.74, 6) is 1.95. The minimum Gasteiger partial charge on any atom is -0.408 e. The van der Waals surface area contributed by atoms with Crippen LogP contribution in [-0.2, 0) is 0 Å². The molecule has 3 rings (SSSR count). The van der Waals surface area contributed by atoms with Crippen molar-refractivity contribution in [2.75, 3.05) is 23.7 Å². The summed E-state index contributed by atoms with van der Waals surface area (Å²) in [7, 11) is 0. The molecule has 100 valence electrons. The minimum atomic E-state index is 0.145. The van der Waals surface area contributed by atoms with Crippen molar-refractivity contribution >= 4 is 27.8 Å². The monoisotopic (exact) mass is 323 g/mol. The molecule has 0 aliphatic carbocycles. The van der Waals surface area contributed by atoms with Gasteiger partial charge in [-0.05, 0) is 25.0 Å². The SMILES string of the molecule is Nc1nnc(C2CCN(c3cc(Br)ccn3)CC2)o1. The number of rotatable bonds is 2. The third kappa shape index (κ3) is 2.70. The van der Waals surface area contributed by atoms with Gasteiger partial charge in [0.05, 0.1) is 0 Å². The van der Waals surface area contributed by atoms with E-state index >= 15 is 0 Å². The highest BCUT2D eigenvalue weighted by Crippen LogP contribution is 2.29. The molecule has 0 radical (unpaired) electrons. The third-order valence-corrected chi connectivity index (χ3v) is 3.83. The number of nitrogen functional groups attached to an aromatic ring is 1. The lowest BCUT2D eigenvalue weighted by Crippen LogP contribution is -2.33. The number of nitrogens with zero attached hydrogens (tertiary/aromatic N) is 4. The van der Waals surface area contributed by atoms with Gasteiger partial charge in [-0.1, -0.05) is 21.0 Å². The molecule has 0 spiro atoms. The van der Waals surface area contributed by atoms with E-state index in [1.165, 1.54) is 0 Å². The summed E-state index contributed by atoms with van der Waals surface area (Å²) < 4.78 is 6.34. The summed E-state index contributed by atoms with van der Waals surface area (Å²) in [6.07, 6.45) is 3.75. The molecule has 0 atom stereocenters. The summed E-state index contributed by atoms with van der Waals surface area (Å²) in [5, 5.41) is 7.68. The Balaban J connectivity index is 1.66. The van der Waals surface area contributed by atoms with Crippen molar-refractivity contribution in [1.82, 2.24) is 15.2 Å². The van der Waals surface area contributed by atoms with Gasteiger partial charge in [0, 0.05) is 29.7 Å². The quantitative estimate of drug-likeness (QED) is 0.912. The number of anilines is 2. The molecule has 1 aliphatic rings. The van der Waals surface area contributed by atoms with Gasteiger partial charge in [0.1, 0.15) is 5.82 Å². The van der Waals surface area contributed by atoms with Gasteiger partial charge in [0.2, 0.25) is 5.89 Å². The Morgan fingerprint density at radius 3 is 2.74 bits per heavy atom. The first-order valence-corrected chi connectivity index (χ1v) is 6.97. The van der Waals surface area contributed by atoms with Crippen LogP contribution in [-0.4, -0.2) is 28.3 Å². The first-order valence-electron chi connectivity index (χ1n) is 6.18. The van der Waals surface area contributed by atoms with Crippen molar-refractivity contribution in [1.29, 1.82) is 0 Å². The number of piperidine rings is 1. The number of aromatic nitrogens is 3. The average Bonchev–Trinajstić information content (AvgIpc) is 2.86. The molecule has 19 heavy (non-hydrogen) atoms. The summed E-state index contributed by atoms with van der Waals surface area (Å²) in [6, 6.07) is 4.11. The topological polar surface area (TPSA) is 81.1 Å². The maximum atomic E-state index is 5.45. The first kappa shape index (κ1) is 12.4. The van der Waals surface area contributed by atoms with Gasteiger partial charge in [0.15, 0.2) is 0 Å². The van der Waals surface area contributed by atoms with E-state index in [0.29, 0.717) is 11.8 Å². The van der Waals surface area contributed by atoms with Gasteiger partial charge in [-0.3, -0.25) is 0 Å². The van der Waals surface area contributed by atoms with Crippen LogP contribution in [0.15, 0.2) is 27.2 Å². The highest BCUT2D eigenvalue weighted by Gasteiger charge is 2.25. The molecule has 2 aromatic heterocycles. The molecule has 7 heteroatoms. The zero-order valence-corrected chi connectivity index (χ0v) is 11.9. The lowest BCUT2D eigenvalue weighted by atomic mass is 9.97. The van der Waals surface area contributed by atoms with E-state index in [9.17, 15) is 0 Å². The highest BCUT2D eigenvalue weighted by molar-refractivity contribution is 9.10. The van der Waals surface area contributed by atoms with Crippen molar-refractivity contribution in [3.05, 3.63) is 28.7 Å². The van der Waals surface area contributed by atoms with E-state index in [1.807, 2.05) is 18.3 Å². The van der Waals surface area contributed by atoms with Crippen LogP contribution in [0.5, 0.6) is 0 Å². The van der Waals surface area contributed by atoms with Gasteiger partial charge in [-0.2, -0.15) is 0 Å². The van der Waals surface area contributed by atoms with Crippen LogP contribution in [0.1, 0.15) is 24.7 Å². The Labute approximate surface area is 119 Å². The normalized spacial score (nSPS) is 16.8. The van der Waals surface area contributed by atoms with E-state index in [2.05, 4.69) is 36.0 Å². The molecule has 0 unspecified atom stereocenters. The predicted molar refractivity (Wildman–Crippen MR) is 74.8 cm³/mol. The van der Waals surface area contributed by atoms with Gasteiger partial charge in [-0.25, -0.2) is 4.98 Å². The van der Waals surface area contributed by atoms with Crippen LogP contribution >= 0.6 is 15.9 Å². The van der Waals surface area contributed by atoms with E-state index in [4.69, 9.17) is 10.2 Å². The number of hydrogen-bond donors (Lipinski definition) is 1. The third-order valence-electron chi connectivity index (χ3n) is 3.33. The zero-order chi connectivity index (χ0) is 13.2. The second-order valence-electron chi connectivity index (χ2n) is 4.57. The van der Waals surface area contributed by atoms with Crippen molar-refractivity contribution in [3.63, 3.8) is 0 Å². The molecule has 0 amide bonds. The second kappa shape index (κ2) is 5.16. The van der Waals surface area contributed by atoms with Crippen molar-refractivity contribution in [3.8, 4) is 0 Å². The fourth-order valence-electron chi connectivity index (χ4n) is 2.33. The summed E-state index contributed by atoms with van der Waals surface area (Å²) >= 11 is 3.47. The summed E-state index contributed by atoms with van der Waals surface area (Å²) in [6.45, 7) is 1.85. The molecule has 2 N–H and O–H groups in total. The maximum Gasteiger partial charge on any atom is 0.312 e. The molecular formula is C12H14BrN5O. The van der Waals surface area contributed by atoms with Crippen molar-refractivity contribution in [2.45, 2.75) is 18.8 Å². The summed E-state index contributed by atoms with van der Waals surface area (Å²) in [4.78, 5) is 6.65.